The van der Waals surface area contributed by atoms with Gasteiger partial charge in [-0.2, -0.15) is 0 Å². The number of benzene rings is 1. The Hall–Kier alpha value is -3.09. The number of amides is 2. The molecule has 1 atom stereocenters. The zero-order chi connectivity index (χ0) is 19.6. The molecule has 0 radical (unpaired) electrons. The summed E-state index contributed by atoms with van der Waals surface area (Å²) in [5.74, 6) is -0.576. The van der Waals surface area contributed by atoms with Crippen molar-refractivity contribution in [1.82, 2.24) is 0 Å². The summed E-state index contributed by atoms with van der Waals surface area (Å²) in [6.45, 7) is 4.82. The van der Waals surface area contributed by atoms with Crippen molar-refractivity contribution >= 4 is 29.2 Å². The number of aryl methyl sites for hydroxylation is 1. The predicted molar refractivity (Wildman–Crippen MR) is 99.2 cm³/mol. The molecule has 2 aromatic rings. The van der Waals surface area contributed by atoms with Gasteiger partial charge in [-0.1, -0.05) is 12.1 Å². The van der Waals surface area contributed by atoms with Crippen LogP contribution in [0.1, 0.15) is 33.0 Å². The first-order valence-corrected chi connectivity index (χ1v) is 8.77. The molecule has 0 saturated carbocycles. The fourth-order valence-electron chi connectivity index (χ4n) is 3.01. The Labute approximate surface area is 157 Å². The third kappa shape index (κ3) is 3.72. The maximum atomic E-state index is 13.0. The number of carbonyl (C=O) groups excluding carboxylic acids is 3. The number of nitrogens with one attached hydrogen (secondary N) is 1. The molecule has 7 nitrogen and oxygen atoms in total. The van der Waals surface area contributed by atoms with Crippen molar-refractivity contribution in [1.29, 1.82) is 0 Å². The maximum absolute atomic E-state index is 13.0. The Balaban J connectivity index is 1.73. The van der Waals surface area contributed by atoms with E-state index in [2.05, 4.69) is 5.32 Å². The van der Waals surface area contributed by atoms with Gasteiger partial charge >= 0.3 is 5.97 Å². The molecule has 0 unspecified atom stereocenters. The third-order valence-electron chi connectivity index (χ3n) is 4.54. The molecule has 2 amide bonds. The number of anilines is 2. The molecule has 3 rings (SSSR count). The molecule has 0 bridgehead atoms. The molecule has 0 saturated heterocycles. The van der Waals surface area contributed by atoms with Gasteiger partial charge in [-0.05, 0) is 45.0 Å². The summed E-state index contributed by atoms with van der Waals surface area (Å²) in [5, 5.41) is 2.80. The molecule has 7 heteroatoms. The number of hydrogen-bond donors (Lipinski definition) is 1. The summed E-state index contributed by atoms with van der Waals surface area (Å²) in [5.41, 5.74) is 0.0115. The van der Waals surface area contributed by atoms with Crippen LogP contribution in [0.5, 0.6) is 0 Å². The van der Waals surface area contributed by atoms with Crippen molar-refractivity contribution in [3.05, 3.63) is 48.4 Å². The smallest absolute Gasteiger partial charge is 0.307 e. The average Bonchev–Trinajstić information content (AvgIpc) is 3.14. The highest BCUT2D eigenvalue weighted by Crippen LogP contribution is 2.37. The SMILES string of the molecule is C[C@@H](OC(=O)CCc1ccco1)C(=O)N1c2ccccc2NC(=O)C1(C)C. The summed E-state index contributed by atoms with van der Waals surface area (Å²) in [4.78, 5) is 39.0. The Kier molecular flexibility index (Phi) is 5.03. The van der Waals surface area contributed by atoms with E-state index in [0.29, 0.717) is 23.6 Å². The molecule has 2 heterocycles. The molecule has 1 aliphatic rings. The number of carbonyl (C=O) groups is 3. The second-order valence-electron chi connectivity index (χ2n) is 6.92. The van der Waals surface area contributed by atoms with Crippen molar-refractivity contribution in [2.24, 2.45) is 0 Å². The summed E-state index contributed by atoms with van der Waals surface area (Å²) in [7, 11) is 0. The zero-order valence-electron chi connectivity index (χ0n) is 15.5. The Morgan fingerprint density at radius 2 is 1.96 bits per heavy atom. The number of furan rings is 1. The van der Waals surface area contributed by atoms with Crippen molar-refractivity contribution in [3.63, 3.8) is 0 Å². The van der Waals surface area contributed by atoms with Gasteiger partial charge in [0.15, 0.2) is 6.10 Å². The lowest BCUT2D eigenvalue weighted by atomic mass is 9.95. The Morgan fingerprint density at radius 1 is 1.22 bits per heavy atom. The molecule has 1 aliphatic heterocycles. The standard InChI is InChI=1S/C20H22N2O5/c1-13(27-17(23)11-10-14-7-6-12-26-14)18(24)22-16-9-5-4-8-15(16)21-19(25)20(22,2)3/h4-9,12-13H,10-11H2,1-3H3,(H,21,25)/t13-/m1/s1. The molecule has 27 heavy (non-hydrogen) atoms. The highest BCUT2D eigenvalue weighted by Gasteiger charge is 2.45. The van der Waals surface area contributed by atoms with Crippen LogP contribution >= 0.6 is 0 Å². The highest BCUT2D eigenvalue weighted by atomic mass is 16.5. The number of fused-ring (bicyclic) bond motifs is 1. The van der Waals surface area contributed by atoms with Crippen LogP contribution in [0.25, 0.3) is 0 Å². The monoisotopic (exact) mass is 370 g/mol. The van der Waals surface area contributed by atoms with Gasteiger partial charge in [0, 0.05) is 6.42 Å². The molecule has 0 aliphatic carbocycles. The van der Waals surface area contributed by atoms with E-state index < -0.39 is 23.5 Å². The van der Waals surface area contributed by atoms with Gasteiger partial charge in [-0.25, -0.2) is 0 Å². The van der Waals surface area contributed by atoms with Crippen LogP contribution in [0.3, 0.4) is 0 Å². The van der Waals surface area contributed by atoms with E-state index in [0.717, 1.165) is 0 Å². The first-order valence-electron chi connectivity index (χ1n) is 8.77. The van der Waals surface area contributed by atoms with Crippen molar-refractivity contribution in [2.45, 2.75) is 45.3 Å². The van der Waals surface area contributed by atoms with Crippen LogP contribution in [0.15, 0.2) is 47.1 Å². The molecule has 0 spiro atoms. The van der Waals surface area contributed by atoms with Gasteiger partial charge < -0.3 is 14.5 Å². The van der Waals surface area contributed by atoms with E-state index in [1.165, 1.54) is 18.1 Å². The van der Waals surface area contributed by atoms with E-state index in [9.17, 15) is 14.4 Å². The zero-order valence-corrected chi connectivity index (χ0v) is 15.5. The van der Waals surface area contributed by atoms with Crippen LogP contribution < -0.4 is 10.2 Å². The number of rotatable bonds is 5. The van der Waals surface area contributed by atoms with Crippen LogP contribution in [-0.2, 0) is 25.5 Å². The topological polar surface area (TPSA) is 88.8 Å². The van der Waals surface area contributed by atoms with Gasteiger partial charge in [-0.15, -0.1) is 0 Å². The number of hydrogen-bond acceptors (Lipinski definition) is 5. The van der Waals surface area contributed by atoms with E-state index in [1.54, 1.807) is 50.2 Å². The highest BCUT2D eigenvalue weighted by molar-refractivity contribution is 6.15. The van der Waals surface area contributed by atoms with Gasteiger partial charge in [0.05, 0.1) is 24.1 Å². The molecule has 1 aromatic heterocycles. The van der Waals surface area contributed by atoms with E-state index >= 15 is 0 Å². The Bertz CT molecular complexity index is 857. The molecule has 1 N–H and O–H groups in total. The van der Waals surface area contributed by atoms with E-state index in [1.807, 2.05) is 0 Å². The second-order valence-corrected chi connectivity index (χ2v) is 6.92. The van der Waals surface area contributed by atoms with E-state index in [-0.39, 0.29) is 12.3 Å². The van der Waals surface area contributed by atoms with Crippen LogP contribution in [0.4, 0.5) is 11.4 Å². The number of ether oxygens (including phenoxy) is 1. The fraction of sp³-hybridized carbons (Fsp3) is 0.350. The minimum Gasteiger partial charge on any atom is -0.469 e. The quantitative estimate of drug-likeness (QED) is 0.818. The molecule has 0 fully saturated rings. The van der Waals surface area contributed by atoms with Crippen molar-refractivity contribution in [3.8, 4) is 0 Å². The van der Waals surface area contributed by atoms with Crippen LogP contribution in [0, 0.1) is 0 Å². The molecule has 1 aromatic carbocycles. The summed E-state index contributed by atoms with van der Waals surface area (Å²) < 4.78 is 10.5. The number of nitrogens with zero attached hydrogens (tertiary/aromatic N) is 1. The summed E-state index contributed by atoms with van der Waals surface area (Å²) >= 11 is 0. The minimum absolute atomic E-state index is 0.103. The normalized spacial score (nSPS) is 16.3. The maximum Gasteiger partial charge on any atom is 0.307 e. The predicted octanol–water partition coefficient (Wildman–Crippen LogP) is 2.91. The Morgan fingerprint density at radius 3 is 2.67 bits per heavy atom. The van der Waals surface area contributed by atoms with Gasteiger partial charge in [0.25, 0.3) is 5.91 Å². The number of para-hydroxylation sites is 2. The van der Waals surface area contributed by atoms with Crippen molar-refractivity contribution in [2.75, 3.05) is 10.2 Å². The molecule has 142 valence electrons. The van der Waals surface area contributed by atoms with Gasteiger partial charge in [-0.3, -0.25) is 19.3 Å². The first kappa shape index (κ1) is 18.7. The second kappa shape index (κ2) is 7.26. The van der Waals surface area contributed by atoms with Crippen LogP contribution in [0.2, 0.25) is 0 Å². The number of esters is 1. The lowest BCUT2D eigenvalue weighted by molar-refractivity contribution is -0.154. The van der Waals surface area contributed by atoms with E-state index in [4.69, 9.17) is 9.15 Å². The van der Waals surface area contributed by atoms with Crippen molar-refractivity contribution < 1.29 is 23.5 Å². The van der Waals surface area contributed by atoms with Crippen LogP contribution in [-0.4, -0.2) is 29.4 Å². The largest absolute Gasteiger partial charge is 0.469 e. The summed E-state index contributed by atoms with van der Waals surface area (Å²) in [6, 6.07) is 10.6. The van der Waals surface area contributed by atoms with Gasteiger partial charge in [0.2, 0.25) is 5.91 Å². The lowest BCUT2D eigenvalue weighted by Gasteiger charge is -2.42. The first-order chi connectivity index (χ1) is 12.8. The molecular formula is C20H22N2O5. The molecular weight excluding hydrogens is 348 g/mol. The van der Waals surface area contributed by atoms with Gasteiger partial charge in [0.1, 0.15) is 11.3 Å². The summed E-state index contributed by atoms with van der Waals surface area (Å²) in [6.07, 6.45) is 1.01. The minimum atomic E-state index is -1.11. The lowest BCUT2D eigenvalue weighted by Crippen LogP contribution is -2.60. The fourth-order valence-corrected chi connectivity index (χ4v) is 3.01. The third-order valence-corrected chi connectivity index (χ3v) is 4.54. The average molecular weight is 370 g/mol.